The number of carbonyl (C=O) groups excluding carboxylic acids is 2. The highest BCUT2D eigenvalue weighted by Gasteiger charge is 2.48. The van der Waals surface area contributed by atoms with E-state index >= 15 is 0 Å². The summed E-state index contributed by atoms with van der Waals surface area (Å²) in [6.45, 7) is 1.94. The number of nitrogens with zero attached hydrogens (tertiary/aromatic N) is 1. The average molecular weight is 253 g/mol. The zero-order valence-electron chi connectivity index (χ0n) is 9.44. The largest absolute Gasteiger partial charge is 0.325 e. The summed E-state index contributed by atoms with van der Waals surface area (Å²) in [6, 6.07) is 8.80. The molecule has 1 aromatic rings. The van der Waals surface area contributed by atoms with E-state index in [1.807, 2.05) is 30.3 Å². The maximum Gasteiger partial charge on any atom is 0.325 e. The molecule has 0 radical (unpaired) electrons. The van der Waals surface area contributed by atoms with Crippen molar-refractivity contribution in [2.45, 2.75) is 12.5 Å². The number of halogens is 1. The third kappa shape index (κ3) is 1.89. The van der Waals surface area contributed by atoms with Crippen molar-refractivity contribution in [3.05, 3.63) is 35.9 Å². The van der Waals surface area contributed by atoms with Gasteiger partial charge in [-0.2, -0.15) is 0 Å². The van der Waals surface area contributed by atoms with Gasteiger partial charge < -0.3 is 5.32 Å². The molecule has 1 saturated heterocycles. The molecule has 1 N–H and O–H groups in total. The van der Waals surface area contributed by atoms with Crippen LogP contribution in [0.1, 0.15) is 12.5 Å². The van der Waals surface area contributed by atoms with Crippen LogP contribution in [0.5, 0.6) is 0 Å². The lowest BCUT2D eigenvalue weighted by Crippen LogP contribution is -2.41. The van der Waals surface area contributed by atoms with Gasteiger partial charge in [0.25, 0.3) is 5.91 Å². The minimum Gasteiger partial charge on any atom is -0.319 e. The highest BCUT2D eigenvalue weighted by atomic mass is 35.5. The summed E-state index contributed by atoms with van der Waals surface area (Å²) >= 11 is 5.58. The lowest BCUT2D eigenvalue weighted by Gasteiger charge is -2.21. The second-order valence-electron chi connectivity index (χ2n) is 4.07. The molecule has 4 nitrogen and oxygen atoms in total. The molecule has 0 spiro atoms. The maximum absolute atomic E-state index is 12.2. The Morgan fingerprint density at radius 3 is 2.53 bits per heavy atom. The molecule has 1 heterocycles. The van der Waals surface area contributed by atoms with Gasteiger partial charge in [0.1, 0.15) is 5.54 Å². The van der Waals surface area contributed by atoms with Crippen LogP contribution in [0.3, 0.4) is 0 Å². The molecule has 0 bridgehead atoms. The second-order valence-corrected chi connectivity index (χ2v) is 4.44. The van der Waals surface area contributed by atoms with Crippen molar-refractivity contribution < 1.29 is 9.59 Å². The Balaban J connectivity index is 2.35. The number of hydrogen-bond donors (Lipinski definition) is 1. The first-order valence-corrected chi connectivity index (χ1v) is 5.88. The van der Waals surface area contributed by atoms with Crippen molar-refractivity contribution in [2.75, 3.05) is 12.4 Å². The summed E-state index contributed by atoms with van der Waals surface area (Å²) in [6.07, 6.45) is 0. The van der Waals surface area contributed by atoms with E-state index in [0.29, 0.717) is 0 Å². The highest BCUT2D eigenvalue weighted by molar-refractivity contribution is 6.18. The number of carbonyl (C=O) groups is 2. The van der Waals surface area contributed by atoms with Crippen LogP contribution in [-0.4, -0.2) is 29.3 Å². The van der Waals surface area contributed by atoms with E-state index in [1.54, 1.807) is 6.92 Å². The molecule has 0 aliphatic carbocycles. The van der Waals surface area contributed by atoms with Crippen LogP contribution in [0, 0.1) is 0 Å². The van der Waals surface area contributed by atoms with E-state index < -0.39 is 5.54 Å². The molecule has 0 aromatic heterocycles. The number of benzene rings is 1. The average Bonchev–Trinajstić information content (AvgIpc) is 2.56. The van der Waals surface area contributed by atoms with Crippen LogP contribution >= 0.6 is 11.6 Å². The molecule has 3 amide bonds. The van der Waals surface area contributed by atoms with Gasteiger partial charge in [-0.25, -0.2) is 4.79 Å². The van der Waals surface area contributed by atoms with Crippen molar-refractivity contribution in [1.82, 2.24) is 10.2 Å². The molecular weight excluding hydrogens is 240 g/mol. The number of hydrogen-bond acceptors (Lipinski definition) is 2. The molecule has 1 aliphatic rings. The fourth-order valence-corrected chi connectivity index (χ4v) is 2.12. The molecule has 1 aliphatic heterocycles. The van der Waals surface area contributed by atoms with Crippen LogP contribution in [0.2, 0.25) is 0 Å². The SMILES string of the molecule is CC1(c2ccccc2)NC(=O)N(CCCl)C1=O. The molecule has 90 valence electrons. The quantitative estimate of drug-likeness (QED) is 0.658. The summed E-state index contributed by atoms with van der Waals surface area (Å²) in [5.74, 6) is -0.0151. The molecule has 1 aromatic carbocycles. The lowest BCUT2D eigenvalue weighted by molar-refractivity contribution is -0.130. The van der Waals surface area contributed by atoms with Crippen molar-refractivity contribution in [1.29, 1.82) is 0 Å². The zero-order chi connectivity index (χ0) is 12.5. The Labute approximate surface area is 105 Å². The Bertz CT molecular complexity index is 449. The molecule has 0 saturated carbocycles. The van der Waals surface area contributed by atoms with Crippen molar-refractivity contribution in [2.24, 2.45) is 0 Å². The van der Waals surface area contributed by atoms with Crippen LogP contribution in [-0.2, 0) is 10.3 Å². The van der Waals surface area contributed by atoms with Gasteiger partial charge in [0.2, 0.25) is 0 Å². The number of imide groups is 1. The molecule has 2 rings (SSSR count). The predicted octanol–water partition coefficient (Wildman–Crippen LogP) is 1.69. The lowest BCUT2D eigenvalue weighted by atomic mass is 9.92. The molecule has 1 atom stereocenters. The standard InChI is InChI=1S/C12H13ClN2O2/c1-12(9-5-3-2-4-6-9)10(16)15(8-7-13)11(17)14-12/h2-6H,7-8H2,1H3,(H,14,17). The number of amides is 3. The van der Waals surface area contributed by atoms with E-state index in [0.717, 1.165) is 10.5 Å². The number of nitrogens with one attached hydrogen (secondary N) is 1. The molecule has 17 heavy (non-hydrogen) atoms. The van der Waals surface area contributed by atoms with Gasteiger partial charge in [0.15, 0.2) is 0 Å². The fourth-order valence-electron chi connectivity index (χ4n) is 1.95. The first kappa shape index (κ1) is 11.9. The minimum atomic E-state index is -0.982. The number of rotatable bonds is 3. The molecular formula is C12H13ClN2O2. The number of urea groups is 1. The van der Waals surface area contributed by atoms with E-state index in [4.69, 9.17) is 11.6 Å². The van der Waals surface area contributed by atoms with Gasteiger partial charge in [-0.3, -0.25) is 9.69 Å². The van der Waals surface area contributed by atoms with Gasteiger partial charge >= 0.3 is 6.03 Å². The first-order chi connectivity index (χ1) is 8.09. The molecule has 1 unspecified atom stereocenters. The van der Waals surface area contributed by atoms with Gasteiger partial charge in [-0.1, -0.05) is 30.3 Å². The van der Waals surface area contributed by atoms with Crippen molar-refractivity contribution in [3.63, 3.8) is 0 Å². The maximum atomic E-state index is 12.2. The second kappa shape index (κ2) is 4.37. The van der Waals surface area contributed by atoms with E-state index in [2.05, 4.69) is 5.32 Å². The van der Waals surface area contributed by atoms with Crippen LogP contribution in [0.15, 0.2) is 30.3 Å². The van der Waals surface area contributed by atoms with Gasteiger partial charge in [-0.15, -0.1) is 11.6 Å². The Morgan fingerprint density at radius 1 is 1.29 bits per heavy atom. The summed E-state index contributed by atoms with van der Waals surface area (Å²) in [5.41, 5.74) is -0.208. The fraction of sp³-hybridized carbons (Fsp3) is 0.333. The zero-order valence-corrected chi connectivity index (χ0v) is 10.2. The van der Waals surface area contributed by atoms with Crippen molar-refractivity contribution in [3.8, 4) is 0 Å². The summed E-state index contributed by atoms with van der Waals surface area (Å²) in [7, 11) is 0. The van der Waals surface area contributed by atoms with Crippen molar-refractivity contribution >= 4 is 23.5 Å². The van der Waals surface area contributed by atoms with Crippen LogP contribution in [0.25, 0.3) is 0 Å². The third-order valence-electron chi connectivity index (χ3n) is 2.93. The third-order valence-corrected chi connectivity index (χ3v) is 3.10. The smallest absolute Gasteiger partial charge is 0.319 e. The highest BCUT2D eigenvalue weighted by Crippen LogP contribution is 2.28. The van der Waals surface area contributed by atoms with E-state index in [-0.39, 0.29) is 24.4 Å². The Hall–Kier alpha value is -1.55. The summed E-state index contributed by atoms with van der Waals surface area (Å²) in [4.78, 5) is 25.1. The van der Waals surface area contributed by atoms with Gasteiger partial charge in [-0.05, 0) is 12.5 Å². The topological polar surface area (TPSA) is 49.4 Å². The first-order valence-electron chi connectivity index (χ1n) is 5.35. The normalized spacial score (nSPS) is 24.0. The minimum absolute atomic E-state index is 0.231. The van der Waals surface area contributed by atoms with E-state index in [1.165, 1.54) is 0 Å². The summed E-state index contributed by atoms with van der Waals surface area (Å²) < 4.78 is 0. The molecule has 1 fully saturated rings. The summed E-state index contributed by atoms with van der Waals surface area (Å²) in [5, 5.41) is 2.71. The van der Waals surface area contributed by atoms with E-state index in [9.17, 15) is 9.59 Å². The van der Waals surface area contributed by atoms with Crippen LogP contribution in [0.4, 0.5) is 4.79 Å². The van der Waals surface area contributed by atoms with Crippen LogP contribution < -0.4 is 5.32 Å². The monoisotopic (exact) mass is 252 g/mol. The van der Waals surface area contributed by atoms with Gasteiger partial charge in [0.05, 0.1) is 0 Å². The molecule has 5 heteroatoms. The Morgan fingerprint density at radius 2 is 1.94 bits per heavy atom. The predicted molar refractivity (Wildman–Crippen MR) is 64.8 cm³/mol. The Kier molecular flexibility index (Phi) is 3.07. The van der Waals surface area contributed by atoms with Gasteiger partial charge in [0, 0.05) is 12.4 Å². The number of alkyl halides is 1.